The molecule has 0 fully saturated rings. The highest BCUT2D eigenvalue weighted by Crippen LogP contribution is 2.35. The summed E-state index contributed by atoms with van der Waals surface area (Å²) in [5.41, 5.74) is 4.62. The van der Waals surface area contributed by atoms with E-state index in [0.29, 0.717) is 12.6 Å². The normalized spacial score (nSPS) is 11.9. The van der Waals surface area contributed by atoms with Gasteiger partial charge < -0.3 is 4.57 Å². The zero-order chi connectivity index (χ0) is 23.6. The van der Waals surface area contributed by atoms with Crippen molar-refractivity contribution in [2.24, 2.45) is 5.10 Å². The van der Waals surface area contributed by atoms with Crippen LogP contribution < -0.4 is 5.43 Å². The predicted octanol–water partition coefficient (Wildman–Crippen LogP) is 6.37. The summed E-state index contributed by atoms with van der Waals surface area (Å²) in [4.78, 5) is 10.4. The number of nitrogens with zero attached hydrogens (tertiary/aromatic N) is 3. The van der Waals surface area contributed by atoms with Crippen LogP contribution in [0.25, 0.3) is 10.9 Å². The SMILES string of the molecule is Cc1cccc(Cn2cc(/C=N\Nc3ccc(C(F)(F)F)cc3[N+](=O)[O-])c3ccccc32)c1. The summed E-state index contributed by atoms with van der Waals surface area (Å²) in [6.07, 6.45) is -1.26. The molecule has 0 saturated heterocycles. The molecule has 0 saturated carbocycles. The lowest BCUT2D eigenvalue weighted by atomic mass is 10.1. The Morgan fingerprint density at radius 3 is 2.61 bits per heavy atom. The summed E-state index contributed by atoms with van der Waals surface area (Å²) < 4.78 is 40.7. The summed E-state index contributed by atoms with van der Waals surface area (Å²) in [5.74, 6) is 0. The van der Waals surface area contributed by atoms with Gasteiger partial charge in [-0.05, 0) is 30.7 Å². The zero-order valence-electron chi connectivity index (χ0n) is 17.5. The molecule has 0 spiro atoms. The molecule has 1 N–H and O–H groups in total. The molecule has 0 bridgehead atoms. The van der Waals surface area contributed by atoms with E-state index in [2.05, 4.69) is 21.2 Å². The molecule has 0 atom stereocenters. The Kier molecular flexibility index (Phi) is 5.87. The van der Waals surface area contributed by atoms with E-state index in [1.54, 1.807) is 0 Å². The number of para-hydroxylation sites is 1. The molecule has 6 nitrogen and oxygen atoms in total. The highest BCUT2D eigenvalue weighted by Gasteiger charge is 2.33. The van der Waals surface area contributed by atoms with Crippen molar-refractivity contribution in [3.8, 4) is 0 Å². The largest absolute Gasteiger partial charge is 0.416 e. The third-order valence-electron chi connectivity index (χ3n) is 5.17. The topological polar surface area (TPSA) is 72.5 Å². The van der Waals surface area contributed by atoms with Crippen molar-refractivity contribution in [1.29, 1.82) is 0 Å². The first-order valence-corrected chi connectivity index (χ1v) is 10.0. The lowest BCUT2D eigenvalue weighted by molar-refractivity contribution is -0.384. The quantitative estimate of drug-likeness (QED) is 0.210. The maximum absolute atomic E-state index is 12.9. The molecule has 3 aromatic carbocycles. The summed E-state index contributed by atoms with van der Waals surface area (Å²) in [7, 11) is 0. The first kappa shape index (κ1) is 22.1. The van der Waals surface area contributed by atoms with Gasteiger partial charge in [0.2, 0.25) is 0 Å². The molecular weight excluding hydrogens is 433 g/mol. The number of hydrogen-bond donors (Lipinski definition) is 1. The number of hydrogen-bond acceptors (Lipinski definition) is 4. The number of fused-ring (bicyclic) bond motifs is 1. The van der Waals surface area contributed by atoms with Crippen LogP contribution in [0, 0.1) is 17.0 Å². The molecule has 0 aliphatic heterocycles. The molecule has 0 aliphatic carbocycles. The van der Waals surface area contributed by atoms with Crippen LogP contribution in [0.3, 0.4) is 0 Å². The number of hydrazone groups is 1. The fraction of sp³-hybridized carbons (Fsp3) is 0.125. The molecule has 0 aliphatic rings. The van der Waals surface area contributed by atoms with Crippen molar-refractivity contribution in [2.45, 2.75) is 19.6 Å². The maximum atomic E-state index is 12.9. The second-order valence-corrected chi connectivity index (χ2v) is 7.58. The Hall–Kier alpha value is -4.14. The van der Waals surface area contributed by atoms with Gasteiger partial charge in [-0.3, -0.25) is 15.5 Å². The van der Waals surface area contributed by atoms with Gasteiger partial charge in [0.15, 0.2) is 0 Å². The van der Waals surface area contributed by atoms with E-state index in [1.807, 2.05) is 55.6 Å². The third-order valence-corrected chi connectivity index (χ3v) is 5.17. The molecular formula is C24H19F3N4O2. The highest BCUT2D eigenvalue weighted by atomic mass is 19.4. The minimum absolute atomic E-state index is 0.132. The number of alkyl halides is 3. The Labute approximate surface area is 187 Å². The molecule has 4 aromatic rings. The highest BCUT2D eigenvalue weighted by molar-refractivity contribution is 5.99. The molecule has 1 heterocycles. The number of rotatable bonds is 6. The smallest absolute Gasteiger partial charge is 0.342 e. The lowest BCUT2D eigenvalue weighted by Crippen LogP contribution is -2.06. The van der Waals surface area contributed by atoms with Crippen LogP contribution >= 0.6 is 0 Å². The zero-order valence-corrected chi connectivity index (χ0v) is 17.5. The maximum Gasteiger partial charge on any atom is 0.416 e. The first-order chi connectivity index (χ1) is 15.7. The van der Waals surface area contributed by atoms with Crippen molar-refractivity contribution < 1.29 is 18.1 Å². The van der Waals surface area contributed by atoms with Gasteiger partial charge in [0.25, 0.3) is 5.69 Å². The number of benzene rings is 3. The van der Waals surface area contributed by atoms with Crippen LogP contribution in [0.15, 0.2) is 78.0 Å². The van der Waals surface area contributed by atoms with Crippen molar-refractivity contribution in [3.05, 3.63) is 105 Å². The number of aryl methyl sites for hydroxylation is 1. The average Bonchev–Trinajstić information content (AvgIpc) is 3.10. The average molecular weight is 452 g/mol. The Bertz CT molecular complexity index is 1360. The van der Waals surface area contributed by atoms with Crippen molar-refractivity contribution in [1.82, 2.24) is 4.57 Å². The lowest BCUT2D eigenvalue weighted by Gasteiger charge is -2.08. The van der Waals surface area contributed by atoms with E-state index in [4.69, 9.17) is 0 Å². The number of nitrogens with one attached hydrogen (secondary N) is 1. The molecule has 4 rings (SSSR count). The minimum atomic E-state index is -4.67. The molecule has 33 heavy (non-hydrogen) atoms. The van der Waals surface area contributed by atoms with E-state index in [9.17, 15) is 23.3 Å². The van der Waals surface area contributed by atoms with Gasteiger partial charge >= 0.3 is 6.18 Å². The minimum Gasteiger partial charge on any atom is -0.342 e. The summed E-state index contributed by atoms with van der Waals surface area (Å²) >= 11 is 0. The predicted molar refractivity (Wildman–Crippen MR) is 122 cm³/mol. The van der Waals surface area contributed by atoms with Gasteiger partial charge in [-0.25, -0.2) is 0 Å². The standard InChI is InChI=1S/C24H19F3N4O2/c1-16-5-4-6-17(11-16)14-30-15-18(20-7-2-3-8-22(20)30)13-28-29-21-10-9-19(24(25,26)27)12-23(21)31(32)33/h2-13,15,29H,14H2,1H3/b28-13-. The Balaban J connectivity index is 1.62. The Morgan fingerprint density at radius 1 is 1.09 bits per heavy atom. The number of aromatic nitrogens is 1. The number of nitro benzene ring substituents is 1. The van der Waals surface area contributed by atoms with Gasteiger partial charge in [0, 0.05) is 35.3 Å². The van der Waals surface area contributed by atoms with Crippen molar-refractivity contribution in [2.75, 3.05) is 5.43 Å². The summed E-state index contributed by atoms with van der Waals surface area (Å²) in [6.45, 7) is 2.68. The van der Waals surface area contributed by atoms with Crippen LogP contribution in [0.1, 0.15) is 22.3 Å². The van der Waals surface area contributed by atoms with Gasteiger partial charge in [-0.1, -0.05) is 48.0 Å². The van der Waals surface area contributed by atoms with Crippen LogP contribution in [-0.2, 0) is 12.7 Å². The molecule has 0 unspecified atom stereocenters. The second-order valence-electron chi connectivity index (χ2n) is 7.58. The van der Waals surface area contributed by atoms with E-state index in [0.717, 1.165) is 39.7 Å². The number of halogens is 3. The summed E-state index contributed by atoms with van der Waals surface area (Å²) in [5, 5.41) is 16.2. The van der Waals surface area contributed by atoms with E-state index < -0.39 is 22.4 Å². The monoisotopic (exact) mass is 452 g/mol. The molecule has 168 valence electrons. The van der Waals surface area contributed by atoms with Gasteiger partial charge in [-0.2, -0.15) is 18.3 Å². The first-order valence-electron chi connectivity index (χ1n) is 10.0. The van der Waals surface area contributed by atoms with Crippen LogP contribution in [0.5, 0.6) is 0 Å². The number of nitro groups is 1. The second kappa shape index (κ2) is 8.78. The van der Waals surface area contributed by atoms with Gasteiger partial charge in [0.05, 0.1) is 16.7 Å². The molecule has 0 radical (unpaired) electrons. The number of anilines is 1. The van der Waals surface area contributed by atoms with Gasteiger partial charge in [0.1, 0.15) is 5.69 Å². The van der Waals surface area contributed by atoms with E-state index in [-0.39, 0.29) is 5.69 Å². The fourth-order valence-electron chi connectivity index (χ4n) is 3.64. The summed E-state index contributed by atoms with van der Waals surface area (Å²) in [6, 6.07) is 18.2. The Morgan fingerprint density at radius 2 is 1.88 bits per heavy atom. The van der Waals surface area contributed by atoms with Crippen LogP contribution in [0.2, 0.25) is 0 Å². The van der Waals surface area contributed by atoms with Crippen molar-refractivity contribution >= 4 is 28.5 Å². The van der Waals surface area contributed by atoms with Crippen molar-refractivity contribution in [3.63, 3.8) is 0 Å². The van der Waals surface area contributed by atoms with Crippen LogP contribution in [-0.4, -0.2) is 15.7 Å². The van der Waals surface area contributed by atoms with Gasteiger partial charge in [-0.15, -0.1) is 0 Å². The molecule has 9 heteroatoms. The molecule has 0 amide bonds. The van der Waals surface area contributed by atoms with Crippen LogP contribution in [0.4, 0.5) is 24.5 Å². The van der Waals surface area contributed by atoms with E-state index in [1.165, 1.54) is 6.21 Å². The molecule has 1 aromatic heterocycles. The third kappa shape index (κ3) is 4.87. The van der Waals surface area contributed by atoms with E-state index >= 15 is 0 Å². The fourth-order valence-corrected chi connectivity index (χ4v) is 3.64.